The smallest absolute Gasteiger partial charge is 0.313 e. The lowest BCUT2D eigenvalue weighted by atomic mass is 10.1. The summed E-state index contributed by atoms with van der Waals surface area (Å²) in [5.74, 6) is -3.81. The molecule has 0 bridgehead atoms. The molecule has 0 aromatic heterocycles. The van der Waals surface area contributed by atoms with Gasteiger partial charge in [0, 0.05) is 12.2 Å². The molecule has 0 fully saturated rings. The van der Waals surface area contributed by atoms with Gasteiger partial charge in [0.25, 0.3) is 0 Å². The van der Waals surface area contributed by atoms with Crippen molar-refractivity contribution in [3.8, 4) is 0 Å². The van der Waals surface area contributed by atoms with E-state index in [1.165, 1.54) is 0 Å². The summed E-state index contributed by atoms with van der Waals surface area (Å²) >= 11 is 0. The summed E-state index contributed by atoms with van der Waals surface area (Å²) in [6, 6.07) is 8.53. The SMILES string of the molecule is Cc1ccc(C)c(NC(=O)C(=O)NC[C@@H](O)c2c(F)cccc2F)c1. The Bertz CT molecular complexity index is 789. The second-order valence-electron chi connectivity index (χ2n) is 5.63. The first-order valence-electron chi connectivity index (χ1n) is 7.58. The van der Waals surface area contributed by atoms with Gasteiger partial charge in [-0.15, -0.1) is 0 Å². The highest BCUT2D eigenvalue weighted by atomic mass is 19.1. The minimum Gasteiger partial charge on any atom is -0.386 e. The van der Waals surface area contributed by atoms with Crippen molar-refractivity contribution in [2.24, 2.45) is 0 Å². The van der Waals surface area contributed by atoms with Gasteiger partial charge in [-0.05, 0) is 43.2 Å². The molecule has 0 spiro atoms. The number of anilines is 1. The molecule has 2 rings (SSSR count). The van der Waals surface area contributed by atoms with Gasteiger partial charge in [-0.3, -0.25) is 9.59 Å². The second kappa shape index (κ2) is 7.85. The number of aryl methyl sites for hydroxylation is 2. The molecule has 132 valence electrons. The van der Waals surface area contributed by atoms with Crippen LogP contribution in [0.3, 0.4) is 0 Å². The van der Waals surface area contributed by atoms with Crippen molar-refractivity contribution in [1.29, 1.82) is 0 Å². The fourth-order valence-electron chi connectivity index (χ4n) is 2.25. The van der Waals surface area contributed by atoms with E-state index < -0.39 is 41.7 Å². The van der Waals surface area contributed by atoms with Crippen LogP contribution in [0.5, 0.6) is 0 Å². The van der Waals surface area contributed by atoms with Crippen molar-refractivity contribution >= 4 is 17.5 Å². The van der Waals surface area contributed by atoms with E-state index in [4.69, 9.17) is 0 Å². The quantitative estimate of drug-likeness (QED) is 0.743. The largest absolute Gasteiger partial charge is 0.386 e. The standard InChI is InChI=1S/C18H18F2N2O3/c1-10-6-7-11(2)14(8-10)22-18(25)17(24)21-9-15(23)16-12(19)4-3-5-13(16)20/h3-8,15,23H,9H2,1-2H3,(H,21,24)(H,22,25)/t15-/m1/s1. The Morgan fingerprint density at radius 2 is 1.72 bits per heavy atom. The van der Waals surface area contributed by atoms with Crippen molar-refractivity contribution in [3.63, 3.8) is 0 Å². The van der Waals surface area contributed by atoms with Crippen molar-refractivity contribution in [1.82, 2.24) is 5.32 Å². The topological polar surface area (TPSA) is 78.4 Å². The molecule has 0 aliphatic heterocycles. The molecule has 3 N–H and O–H groups in total. The van der Waals surface area contributed by atoms with E-state index in [-0.39, 0.29) is 0 Å². The molecular weight excluding hydrogens is 330 g/mol. The minimum absolute atomic E-state index is 0.487. The number of aliphatic hydroxyl groups is 1. The van der Waals surface area contributed by atoms with Crippen LogP contribution in [0.1, 0.15) is 22.8 Å². The number of aliphatic hydroxyl groups excluding tert-OH is 1. The number of halogens is 2. The maximum absolute atomic E-state index is 13.6. The number of benzene rings is 2. The van der Waals surface area contributed by atoms with E-state index in [0.717, 1.165) is 29.3 Å². The van der Waals surface area contributed by atoms with Crippen molar-refractivity contribution in [2.45, 2.75) is 20.0 Å². The van der Waals surface area contributed by atoms with Crippen LogP contribution in [0.4, 0.5) is 14.5 Å². The van der Waals surface area contributed by atoms with Gasteiger partial charge in [0.2, 0.25) is 0 Å². The van der Waals surface area contributed by atoms with Crippen molar-refractivity contribution < 1.29 is 23.5 Å². The first kappa shape index (κ1) is 18.5. The molecule has 0 heterocycles. The molecule has 0 saturated heterocycles. The zero-order chi connectivity index (χ0) is 18.6. The van der Waals surface area contributed by atoms with E-state index >= 15 is 0 Å². The average Bonchev–Trinajstić information content (AvgIpc) is 2.55. The van der Waals surface area contributed by atoms with Crippen LogP contribution in [-0.2, 0) is 9.59 Å². The van der Waals surface area contributed by atoms with E-state index in [2.05, 4.69) is 10.6 Å². The summed E-state index contributed by atoms with van der Waals surface area (Å²) < 4.78 is 27.1. The third-order valence-corrected chi connectivity index (χ3v) is 3.64. The third kappa shape index (κ3) is 4.60. The Balaban J connectivity index is 1.97. The predicted molar refractivity (Wildman–Crippen MR) is 88.9 cm³/mol. The molecule has 5 nitrogen and oxygen atoms in total. The van der Waals surface area contributed by atoms with Crippen LogP contribution in [0.15, 0.2) is 36.4 Å². The Labute approximate surface area is 143 Å². The zero-order valence-corrected chi connectivity index (χ0v) is 13.8. The second-order valence-corrected chi connectivity index (χ2v) is 5.63. The summed E-state index contributed by atoms with van der Waals surface area (Å²) in [6.07, 6.45) is -1.61. The van der Waals surface area contributed by atoms with Crippen LogP contribution in [-0.4, -0.2) is 23.5 Å². The maximum atomic E-state index is 13.6. The lowest BCUT2D eigenvalue weighted by Crippen LogP contribution is -2.38. The van der Waals surface area contributed by atoms with Crippen molar-refractivity contribution in [2.75, 3.05) is 11.9 Å². The van der Waals surface area contributed by atoms with Gasteiger partial charge in [-0.1, -0.05) is 18.2 Å². The number of carbonyl (C=O) groups is 2. The first-order valence-corrected chi connectivity index (χ1v) is 7.58. The molecule has 0 saturated carbocycles. The molecule has 0 radical (unpaired) electrons. The molecule has 25 heavy (non-hydrogen) atoms. The van der Waals surface area contributed by atoms with E-state index in [0.29, 0.717) is 5.69 Å². The van der Waals surface area contributed by atoms with Crippen molar-refractivity contribution in [3.05, 3.63) is 64.7 Å². The number of amides is 2. The van der Waals surface area contributed by atoms with Crippen LogP contribution in [0.2, 0.25) is 0 Å². The Morgan fingerprint density at radius 1 is 1.08 bits per heavy atom. The van der Waals surface area contributed by atoms with Gasteiger partial charge in [0.15, 0.2) is 0 Å². The monoisotopic (exact) mass is 348 g/mol. The average molecular weight is 348 g/mol. The minimum atomic E-state index is -1.61. The zero-order valence-electron chi connectivity index (χ0n) is 13.8. The molecule has 2 aromatic rings. The third-order valence-electron chi connectivity index (χ3n) is 3.64. The molecular formula is C18H18F2N2O3. The number of hydrogen-bond acceptors (Lipinski definition) is 3. The first-order chi connectivity index (χ1) is 11.8. The van der Waals surface area contributed by atoms with Gasteiger partial charge < -0.3 is 15.7 Å². The lowest BCUT2D eigenvalue weighted by molar-refractivity contribution is -0.136. The highest BCUT2D eigenvalue weighted by Gasteiger charge is 2.21. The van der Waals surface area contributed by atoms with Gasteiger partial charge >= 0.3 is 11.8 Å². The molecule has 0 unspecified atom stereocenters. The van der Waals surface area contributed by atoms with Gasteiger partial charge in [-0.2, -0.15) is 0 Å². The van der Waals surface area contributed by atoms with Gasteiger partial charge in [0.1, 0.15) is 17.7 Å². The fraction of sp³-hybridized carbons (Fsp3) is 0.222. The molecule has 1 atom stereocenters. The number of carbonyl (C=O) groups excluding carboxylic acids is 2. The lowest BCUT2D eigenvalue weighted by Gasteiger charge is -2.14. The van der Waals surface area contributed by atoms with Crippen LogP contribution >= 0.6 is 0 Å². The highest BCUT2D eigenvalue weighted by molar-refractivity contribution is 6.39. The Morgan fingerprint density at radius 3 is 2.36 bits per heavy atom. The number of rotatable bonds is 4. The summed E-state index contributed by atoms with van der Waals surface area (Å²) in [5.41, 5.74) is 1.62. The van der Waals surface area contributed by atoms with Crippen LogP contribution in [0.25, 0.3) is 0 Å². The Hall–Kier alpha value is -2.80. The van der Waals surface area contributed by atoms with E-state index in [1.54, 1.807) is 19.1 Å². The maximum Gasteiger partial charge on any atom is 0.313 e. The summed E-state index contributed by atoms with van der Waals surface area (Å²) in [6.45, 7) is 3.11. The highest BCUT2D eigenvalue weighted by Crippen LogP contribution is 2.20. The summed E-state index contributed by atoms with van der Waals surface area (Å²) in [5, 5.41) is 14.5. The van der Waals surface area contributed by atoms with Gasteiger partial charge in [-0.25, -0.2) is 8.78 Å². The fourth-order valence-corrected chi connectivity index (χ4v) is 2.25. The summed E-state index contributed by atoms with van der Waals surface area (Å²) in [7, 11) is 0. The Kier molecular flexibility index (Phi) is 5.82. The summed E-state index contributed by atoms with van der Waals surface area (Å²) in [4.78, 5) is 23.7. The predicted octanol–water partition coefficient (Wildman–Crippen LogP) is 2.37. The van der Waals surface area contributed by atoms with Crippen LogP contribution in [0, 0.1) is 25.5 Å². The van der Waals surface area contributed by atoms with Crippen LogP contribution < -0.4 is 10.6 Å². The van der Waals surface area contributed by atoms with E-state index in [9.17, 15) is 23.5 Å². The van der Waals surface area contributed by atoms with E-state index in [1.807, 2.05) is 13.0 Å². The normalized spacial score (nSPS) is 11.7. The van der Waals surface area contributed by atoms with Gasteiger partial charge in [0.05, 0.1) is 5.56 Å². The molecule has 0 aliphatic carbocycles. The molecule has 7 heteroatoms. The molecule has 2 aromatic carbocycles. The molecule has 2 amide bonds. The number of nitrogens with one attached hydrogen (secondary N) is 2. The molecule has 0 aliphatic rings. The number of hydrogen-bond donors (Lipinski definition) is 3.